The topological polar surface area (TPSA) is 67.6 Å². The first-order valence-corrected chi connectivity index (χ1v) is 7.01. The molecular weight excluding hydrogens is 258 g/mol. The van der Waals surface area contributed by atoms with Gasteiger partial charge in [0.1, 0.15) is 11.8 Å². The number of amides is 1. The molecule has 1 aliphatic rings. The largest absolute Gasteiger partial charge is 0.443 e. The molecule has 1 aromatic heterocycles. The second-order valence-corrected chi connectivity index (χ2v) is 5.50. The van der Waals surface area contributed by atoms with Gasteiger partial charge in [-0.3, -0.25) is 9.69 Å². The number of nitrogens with one attached hydrogen (secondary N) is 1. The van der Waals surface area contributed by atoms with Crippen molar-refractivity contribution >= 4 is 5.91 Å². The molecule has 112 valence electrons. The first-order valence-electron chi connectivity index (χ1n) is 7.01. The normalized spacial score (nSPS) is 20.4. The smallest absolute Gasteiger partial charge is 0.240 e. The van der Waals surface area contributed by atoms with Crippen LogP contribution in [-0.4, -0.2) is 48.6 Å². The lowest BCUT2D eigenvalue weighted by Crippen LogP contribution is -2.51. The molecule has 0 aliphatic carbocycles. The van der Waals surface area contributed by atoms with Gasteiger partial charge in [-0.05, 0) is 14.0 Å². The predicted molar refractivity (Wildman–Crippen MR) is 74.4 cm³/mol. The molecule has 0 bridgehead atoms. The van der Waals surface area contributed by atoms with Gasteiger partial charge in [0.25, 0.3) is 0 Å². The van der Waals surface area contributed by atoms with E-state index in [1.807, 2.05) is 32.7 Å². The van der Waals surface area contributed by atoms with Gasteiger partial charge in [-0.1, -0.05) is 13.8 Å². The van der Waals surface area contributed by atoms with E-state index in [0.717, 1.165) is 18.0 Å². The predicted octanol–water partition coefficient (Wildman–Crippen LogP) is 1.05. The molecule has 6 heteroatoms. The number of hydrogen-bond acceptors (Lipinski definition) is 5. The maximum absolute atomic E-state index is 12.1. The summed E-state index contributed by atoms with van der Waals surface area (Å²) in [5.41, 5.74) is 0.835. The fraction of sp³-hybridized carbons (Fsp3) is 0.714. The molecule has 1 unspecified atom stereocenters. The van der Waals surface area contributed by atoms with E-state index in [4.69, 9.17) is 9.15 Å². The van der Waals surface area contributed by atoms with Crippen LogP contribution in [0.25, 0.3) is 0 Å². The van der Waals surface area contributed by atoms with Gasteiger partial charge >= 0.3 is 0 Å². The van der Waals surface area contributed by atoms with Gasteiger partial charge in [-0.2, -0.15) is 0 Å². The first-order chi connectivity index (χ1) is 9.49. The van der Waals surface area contributed by atoms with E-state index in [9.17, 15) is 4.79 Å². The van der Waals surface area contributed by atoms with Crippen LogP contribution in [0.15, 0.2) is 4.42 Å². The molecule has 0 aromatic carbocycles. The van der Waals surface area contributed by atoms with Crippen molar-refractivity contribution in [3.05, 3.63) is 17.3 Å². The third kappa shape index (κ3) is 3.37. The molecule has 1 N–H and O–H groups in total. The lowest BCUT2D eigenvalue weighted by molar-refractivity contribution is -0.131. The van der Waals surface area contributed by atoms with E-state index < -0.39 is 0 Å². The van der Waals surface area contributed by atoms with Crippen LogP contribution in [0.5, 0.6) is 0 Å². The highest BCUT2D eigenvalue weighted by atomic mass is 16.5. The van der Waals surface area contributed by atoms with Gasteiger partial charge in [0.2, 0.25) is 5.91 Å². The summed E-state index contributed by atoms with van der Waals surface area (Å²) < 4.78 is 11.0. The molecule has 20 heavy (non-hydrogen) atoms. The maximum atomic E-state index is 12.1. The van der Waals surface area contributed by atoms with Crippen LogP contribution in [-0.2, 0) is 16.1 Å². The molecule has 0 radical (unpaired) electrons. The highest BCUT2D eigenvalue weighted by Gasteiger charge is 2.26. The third-order valence-corrected chi connectivity index (χ3v) is 3.53. The first kappa shape index (κ1) is 15.0. The zero-order valence-corrected chi connectivity index (χ0v) is 12.6. The standard InChI is InChI=1S/C14H23N3O3/c1-9(2)14-16-10(3)12(20-14)7-15-13(18)11-8-19-6-5-17(11)4/h9,11H,5-8H2,1-4H3,(H,15,18). The van der Waals surface area contributed by atoms with Crippen LogP contribution in [0.1, 0.15) is 37.1 Å². The zero-order valence-electron chi connectivity index (χ0n) is 12.6. The van der Waals surface area contributed by atoms with Crippen molar-refractivity contribution in [3.63, 3.8) is 0 Å². The Bertz CT molecular complexity index is 470. The zero-order chi connectivity index (χ0) is 14.7. The summed E-state index contributed by atoms with van der Waals surface area (Å²) in [6.07, 6.45) is 0. The molecular formula is C14H23N3O3. The monoisotopic (exact) mass is 281 g/mol. The number of hydrogen-bond donors (Lipinski definition) is 1. The van der Waals surface area contributed by atoms with Crippen LogP contribution >= 0.6 is 0 Å². The molecule has 1 atom stereocenters. The SMILES string of the molecule is Cc1nc(C(C)C)oc1CNC(=O)C1COCCN1C. The van der Waals surface area contributed by atoms with Crippen molar-refractivity contribution in [2.45, 2.75) is 39.3 Å². The fourth-order valence-corrected chi connectivity index (χ4v) is 2.11. The van der Waals surface area contributed by atoms with Crippen LogP contribution in [0.3, 0.4) is 0 Å². The number of ether oxygens (including phenoxy) is 1. The average molecular weight is 281 g/mol. The lowest BCUT2D eigenvalue weighted by Gasteiger charge is -2.31. The van der Waals surface area contributed by atoms with E-state index in [2.05, 4.69) is 10.3 Å². The second-order valence-electron chi connectivity index (χ2n) is 5.50. The van der Waals surface area contributed by atoms with Crippen molar-refractivity contribution in [2.24, 2.45) is 0 Å². The highest BCUT2D eigenvalue weighted by molar-refractivity contribution is 5.81. The summed E-state index contributed by atoms with van der Waals surface area (Å²) in [5.74, 6) is 1.65. The minimum Gasteiger partial charge on any atom is -0.443 e. The van der Waals surface area contributed by atoms with E-state index in [1.54, 1.807) is 0 Å². The Labute approximate surface area is 119 Å². The van der Waals surface area contributed by atoms with Crippen molar-refractivity contribution in [1.29, 1.82) is 0 Å². The summed E-state index contributed by atoms with van der Waals surface area (Å²) in [6, 6.07) is -0.225. The number of nitrogens with zero attached hydrogens (tertiary/aromatic N) is 2. The van der Waals surface area contributed by atoms with Gasteiger partial charge in [0.15, 0.2) is 5.89 Å². The van der Waals surface area contributed by atoms with Gasteiger partial charge in [0.05, 0.1) is 25.5 Å². The summed E-state index contributed by atoms with van der Waals surface area (Å²) in [7, 11) is 1.93. The van der Waals surface area contributed by atoms with E-state index in [1.165, 1.54) is 0 Å². The number of morpholine rings is 1. The Morgan fingerprint density at radius 1 is 1.55 bits per heavy atom. The van der Waals surface area contributed by atoms with Crippen LogP contribution < -0.4 is 5.32 Å². The Balaban J connectivity index is 1.93. The van der Waals surface area contributed by atoms with Crippen LogP contribution in [0, 0.1) is 6.92 Å². The number of oxazole rings is 1. The Morgan fingerprint density at radius 3 is 2.90 bits per heavy atom. The molecule has 1 aliphatic heterocycles. The third-order valence-electron chi connectivity index (χ3n) is 3.53. The Kier molecular flexibility index (Phi) is 4.77. The van der Waals surface area contributed by atoms with E-state index in [-0.39, 0.29) is 17.9 Å². The molecule has 0 saturated carbocycles. The van der Waals surface area contributed by atoms with Crippen molar-refractivity contribution in [3.8, 4) is 0 Å². The number of carbonyl (C=O) groups excluding carboxylic acids is 1. The minimum absolute atomic E-state index is 0.0332. The van der Waals surface area contributed by atoms with Gasteiger partial charge in [-0.25, -0.2) is 4.98 Å². The van der Waals surface area contributed by atoms with Gasteiger partial charge < -0.3 is 14.5 Å². The highest BCUT2D eigenvalue weighted by Crippen LogP contribution is 2.17. The molecule has 2 heterocycles. The molecule has 6 nitrogen and oxygen atoms in total. The van der Waals surface area contributed by atoms with Crippen molar-refractivity contribution in [2.75, 3.05) is 26.8 Å². The number of carbonyl (C=O) groups is 1. The van der Waals surface area contributed by atoms with E-state index in [0.29, 0.717) is 25.6 Å². The molecule has 1 fully saturated rings. The lowest BCUT2D eigenvalue weighted by atomic mass is 10.2. The van der Waals surface area contributed by atoms with Crippen molar-refractivity contribution < 1.29 is 13.9 Å². The van der Waals surface area contributed by atoms with Crippen molar-refractivity contribution in [1.82, 2.24) is 15.2 Å². The molecule has 2 rings (SSSR count). The maximum Gasteiger partial charge on any atom is 0.240 e. The number of aromatic nitrogens is 1. The van der Waals surface area contributed by atoms with Crippen LogP contribution in [0.2, 0.25) is 0 Å². The second kappa shape index (κ2) is 6.37. The minimum atomic E-state index is -0.225. The summed E-state index contributed by atoms with van der Waals surface area (Å²) >= 11 is 0. The average Bonchev–Trinajstić information content (AvgIpc) is 2.78. The number of rotatable bonds is 4. The summed E-state index contributed by atoms with van der Waals surface area (Å²) in [5, 5.41) is 2.90. The molecule has 0 spiro atoms. The molecule has 1 aromatic rings. The van der Waals surface area contributed by atoms with Crippen LogP contribution in [0.4, 0.5) is 0 Å². The summed E-state index contributed by atoms with van der Waals surface area (Å²) in [4.78, 5) is 18.5. The molecule has 1 saturated heterocycles. The van der Waals surface area contributed by atoms with E-state index >= 15 is 0 Å². The molecule has 1 amide bonds. The number of likely N-dealkylation sites (N-methyl/N-ethyl adjacent to an activating group) is 1. The summed E-state index contributed by atoms with van der Waals surface area (Å²) in [6.45, 7) is 8.22. The Hall–Kier alpha value is -1.40. The van der Waals surface area contributed by atoms with Gasteiger partial charge in [-0.15, -0.1) is 0 Å². The quantitative estimate of drug-likeness (QED) is 0.893. The van der Waals surface area contributed by atoms with Gasteiger partial charge in [0, 0.05) is 12.5 Å². The fourth-order valence-electron chi connectivity index (χ4n) is 2.11. The Morgan fingerprint density at radius 2 is 2.30 bits per heavy atom. The number of aryl methyl sites for hydroxylation is 1.